The van der Waals surface area contributed by atoms with Crippen LogP contribution in [0.4, 0.5) is 10.2 Å². The lowest BCUT2D eigenvalue weighted by atomic mass is 10.1. The number of fused-ring (bicyclic) bond motifs is 1. The highest BCUT2D eigenvalue weighted by atomic mass is 19.1. The summed E-state index contributed by atoms with van der Waals surface area (Å²) < 4.78 is 13.4. The molecule has 3 rings (SSSR count). The van der Waals surface area contributed by atoms with Crippen LogP contribution < -0.4 is 5.32 Å². The molecule has 0 aliphatic heterocycles. The number of aromatic nitrogens is 4. The van der Waals surface area contributed by atoms with E-state index < -0.39 is 0 Å². The van der Waals surface area contributed by atoms with Crippen LogP contribution in [0.25, 0.3) is 11.0 Å². The topological polar surface area (TPSA) is 66.5 Å². The van der Waals surface area contributed by atoms with Crippen molar-refractivity contribution in [2.45, 2.75) is 13.5 Å². The van der Waals surface area contributed by atoms with Gasteiger partial charge in [0.2, 0.25) is 0 Å². The lowest BCUT2D eigenvalue weighted by Gasteiger charge is -2.07. The number of aryl methyl sites for hydroxylation is 1. The molecule has 96 valence electrons. The van der Waals surface area contributed by atoms with Gasteiger partial charge in [0, 0.05) is 6.54 Å². The molecule has 0 saturated carbocycles. The number of benzene rings is 1. The second-order valence-corrected chi connectivity index (χ2v) is 4.29. The van der Waals surface area contributed by atoms with Gasteiger partial charge >= 0.3 is 0 Å². The fourth-order valence-electron chi connectivity index (χ4n) is 1.84. The van der Waals surface area contributed by atoms with E-state index in [1.54, 1.807) is 19.2 Å². The van der Waals surface area contributed by atoms with Crippen molar-refractivity contribution in [2.75, 3.05) is 5.32 Å². The fraction of sp³-hybridized carbons (Fsp3) is 0.154. The first-order valence-corrected chi connectivity index (χ1v) is 5.87. The molecule has 1 aromatic carbocycles. The van der Waals surface area contributed by atoms with Crippen LogP contribution in [-0.2, 0) is 6.54 Å². The minimum absolute atomic E-state index is 0.199. The van der Waals surface area contributed by atoms with Gasteiger partial charge in [-0.15, -0.1) is 0 Å². The van der Waals surface area contributed by atoms with E-state index in [4.69, 9.17) is 0 Å². The Hall–Kier alpha value is -2.50. The first-order chi connectivity index (χ1) is 9.24. The van der Waals surface area contributed by atoms with Crippen molar-refractivity contribution in [2.24, 2.45) is 0 Å². The molecule has 0 fully saturated rings. The van der Waals surface area contributed by atoms with E-state index in [2.05, 4.69) is 25.5 Å². The SMILES string of the molecule is Cc1ccc(CNc2ncnc3[nH]ncc23)cc1F. The van der Waals surface area contributed by atoms with Gasteiger partial charge in [-0.2, -0.15) is 5.10 Å². The average Bonchev–Trinajstić information content (AvgIpc) is 2.89. The number of halogens is 1. The second kappa shape index (κ2) is 4.64. The number of nitrogens with one attached hydrogen (secondary N) is 2. The van der Waals surface area contributed by atoms with Crippen LogP contribution in [-0.4, -0.2) is 20.2 Å². The highest BCUT2D eigenvalue weighted by Gasteiger charge is 2.05. The van der Waals surface area contributed by atoms with Crippen LogP contribution in [0.15, 0.2) is 30.7 Å². The van der Waals surface area contributed by atoms with Gasteiger partial charge in [-0.3, -0.25) is 5.10 Å². The maximum Gasteiger partial charge on any atom is 0.160 e. The Balaban J connectivity index is 1.82. The van der Waals surface area contributed by atoms with Crippen molar-refractivity contribution in [1.82, 2.24) is 20.2 Å². The molecule has 0 atom stereocenters. The predicted molar refractivity (Wildman–Crippen MR) is 70.1 cm³/mol. The Kier molecular flexibility index (Phi) is 2.83. The lowest BCUT2D eigenvalue weighted by Crippen LogP contribution is -2.02. The Morgan fingerprint density at radius 1 is 1.32 bits per heavy atom. The summed E-state index contributed by atoms with van der Waals surface area (Å²) in [5.41, 5.74) is 2.17. The molecule has 0 aliphatic carbocycles. The van der Waals surface area contributed by atoms with Gasteiger partial charge in [-0.25, -0.2) is 14.4 Å². The van der Waals surface area contributed by atoms with E-state index >= 15 is 0 Å². The molecule has 0 unspecified atom stereocenters. The average molecular weight is 257 g/mol. The molecule has 0 spiro atoms. The van der Waals surface area contributed by atoms with Crippen LogP contribution in [0, 0.1) is 12.7 Å². The summed E-state index contributed by atoms with van der Waals surface area (Å²) in [6.07, 6.45) is 3.12. The quantitative estimate of drug-likeness (QED) is 0.756. The van der Waals surface area contributed by atoms with Crippen LogP contribution >= 0.6 is 0 Å². The van der Waals surface area contributed by atoms with E-state index in [0.29, 0.717) is 23.6 Å². The third-order valence-electron chi connectivity index (χ3n) is 2.94. The van der Waals surface area contributed by atoms with E-state index in [-0.39, 0.29) is 5.82 Å². The van der Waals surface area contributed by atoms with Crippen molar-refractivity contribution in [3.63, 3.8) is 0 Å². The number of hydrogen-bond donors (Lipinski definition) is 2. The van der Waals surface area contributed by atoms with Crippen LogP contribution in [0.5, 0.6) is 0 Å². The third-order valence-corrected chi connectivity index (χ3v) is 2.94. The highest BCUT2D eigenvalue weighted by Crippen LogP contribution is 2.17. The van der Waals surface area contributed by atoms with E-state index in [9.17, 15) is 4.39 Å². The summed E-state index contributed by atoms with van der Waals surface area (Å²) in [4.78, 5) is 8.21. The Morgan fingerprint density at radius 2 is 2.21 bits per heavy atom. The molecule has 6 heteroatoms. The molecule has 2 aromatic heterocycles. The molecule has 19 heavy (non-hydrogen) atoms. The van der Waals surface area contributed by atoms with Gasteiger partial charge < -0.3 is 5.32 Å². The molecule has 0 saturated heterocycles. The molecule has 0 bridgehead atoms. The minimum Gasteiger partial charge on any atom is -0.365 e. The molecular formula is C13H12FN5. The summed E-state index contributed by atoms with van der Waals surface area (Å²) >= 11 is 0. The molecule has 0 aliphatic rings. The number of hydrogen-bond acceptors (Lipinski definition) is 4. The summed E-state index contributed by atoms with van der Waals surface area (Å²) in [6, 6.07) is 5.18. The van der Waals surface area contributed by atoms with Crippen molar-refractivity contribution in [3.8, 4) is 0 Å². The van der Waals surface area contributed by atoms with Gasteiger partial charge in [-0.1, -0.05) is 12.1 Å². The molecule has 3 aromatic rings. The highest BCUT2D eigenvalue weighted by molar-refractivity contribution is 5.85. The van der Waals surface area contributed by atoms with Crippen LogP contribution in [0.1, 0.15) is 11.1 Å². The monoisotopic (exact) mass is 257 g/mol. The van der Waals surface area contributed by atoms with E-state index in [0.717, 1.165) is 10.9 Å². The summed E-state index contributed by atoms with van der Waals surface area (Å²) in [6.45, 7) is 2.24. The predicted octanol–water partition coefficient (Wildman–Crippen LogP) is 2.41. The molecule has 2 heterocycles. The Morgan fingerprint density at radius 3 is 3.05 bits per heavy atom. The van der Waals surface area contributed by atoms with E-state index in [1.807, 2.05) is 6.07 Å². The summed E-state index contributed by atoms with van der Waals surface area (Å²) in [7, 11) is 0. The number of aromatic amines is 1. The Bertz CT molecular complexity index is 722. The number of nitrogens with zero attached hydrogens (tertiary/aromatic N) is 3. The first-order valence-electron chi connectivity index (χ1n) is 5.87. The van der Waals surface area contributed by atoms with Gasteiger partial charge in [0.15, 0.2) is 5.65 Å². The lowest BCUT2D eigenvalue weighted by molar-refractivity contribution is 0.616. The Labute approximate surface area is 108 Å². The van der Waals surface area contributed by atoms with E-state index in [1.165, 1.54) is 12.4 Å². The smallest absolute Gasteiger partial charge is 0.160 e. The standard InChI is InChI=1S/C13H12FN5/c1-8-2-3-9(4-11(8)14)5-15-12-10-6-18-19-13(10)17-7-16-12/h2-4,6-7H,5H2,1H3,(H2,15,16,17,18,19). The number of anilines is 1. The zero-order chi connectivity index (χ0) is 13.2. The summed E-state index contributed by atoms with van der Waals surface area (Å²) in [5.74, 6) is 0.482. The minimum atomic E-state index is -0.199. The maximum atomic E-state index is 13.4. The molecule has 2 N–H and O–H groups in total. The number of H-pyrrole nitrogens is 1. The van der Waals surface area contributed by atoms with Gasteiger partial charge in [-0.05, 0) is 24.1 Å². The first kappa shape index (κ1) is 11.6. The maximum absolute atomic E-state index is 13.4. The molecule has 0 amide bonds. The largest absolute Gasteiger partial charge is 0.365 e. The zero-order valence-corrected chi connectivity index (χ0v) is 10.3. The van der Waals surface area contributed by atoms with Crippen molar-refractivity contribution in [3.05, 3.63) is 47.7 Å². The molecule has 5 nitrogen and oxygen atoms in total. The zero-order valence-electron chi connectivity index (χ0n) is 10.3. The van der Waals surface area contributed by atoms with Crippen molar-refractivity contribution < 1.29 is 4.39 Å². The third kappa shape index (κ3) is 2.24. The molecular weight excluding hydrogens is 245 g/mol. The van der Waals surface area contributed by atoms with Gasteiger partial charge in [0.05, 0.1) is 11.6 Å². The van der Waals surface area contributed by atoms with Crippen LogP contribution in [0.2, 0.25) is 0 Å². The fourth-order valence-corrected chi connectivity index (χ4v) is 1.84. The summed E-state index contributed by atoms with van der Waals surface area (Å²) in [5, 5.41) is 10.7. The van der Waals surface area contributed by atoms with Crippen LogP contribution in [0.3, 0.4) is 0 Å². The van der Waals surface area contributed by atoms with Gasteiger partial charge in [0.25, 0.3) is 0 Å². The van der Waals surface area contributed by atoms with Crippen molar-refractivity contribution >= 4 is 16.9 Å². The van der Waals surface area contributed by atoms with Crippen molar-refractivity contribution in [1.29, 1.82) is 0 Å². The van der Waals surface area contributed by atoms with Gasteiger partial charge in [0.1, 0.15) is 18.0 Å². The normalized spacial score (nSPS) is 10.8. The second-order valence-electron chi connectivity index (χ2n) is 4.29. The number of rotatable bonds is 3. The molecule has 0 radical (unpaired) electrons.